The molecule has 1 fully saturated rings. The molecule has 0 bridgehead atoms. The van der Waals surface area contributed by atoms with Gasteiger partial charge in [-0.3, -0.25) is 4.79 Å². The second-order valence-electron chi connectivity index (χ2n) is 4.99. The van der Waals surface area contributed by atoms with Crippen LogP contribution in [0.1, 0.15) is 18.7 Å². The molecule has 0 atom stereocenters. The van der Waals surface area contributed by atoms with E-state index in [1.54, 1.807) is 0 Å². The van der Waals surface area contributed by atoms with E-state index < -0.39 is 0 Å². The summed E-state index contributed by atoms with van der Waals surface area (Å²) < 4.78 is 1.98. The summed E-state index contributed by atoms with van der Waals surface area (Å²) in [6.45, 7) is 1.19. The van der Waals surface area contributed by atoms with Crippen LogP contribution in [0.4, 0.5) is 0 Å². The minimum Gasteiger partial charge on any atom is -0.354 e. The Morgan fingerprint density at radius 3 is 2.95 bits per heavy atom. The zero-order valence-electron chi connectivity index (χ0n) is 10.9. The Kier molecular flexibility index (Phi) is 3.85. The summed E-state index contributed by atoms with van der Waals surface area (Å²) in [5, 5.41) is 3.60. The van der Waals surface area contributed by atoms with Crippen LogP contribution in [0.25, 0.3) is 11.0 Å². The van der Waals surface area contributed by atoms with Crippen LogP contribution in [0.5, 0.6) is 0 Å². The van der Waals surface area contributed by atoms with E-state index in [9.17, 15) is 4.79 Å². The number of imidazole rings is 1. The number of alkyl halides is 1. The van der Waals surface area contributed by atoms with Gasteiger partial charge in [0.15, 0.2) is 0 Å². The van der Waals surface area contributed by atoms with Crippen LogP contribution in [0.15, 0.2) is 18.2 Å². The summed E-state index contributed by atoms with van der Waals surface area (Å²) in [6.07, 6.45) is 2.02. The number of amides is 1. The SMILES string of the molecule is O=C(NCCn1c(CCl)nc2cccc(Cl)c21)C1CC1. The number of nitrogens with zero attached hydrogens (tertiary/aromatic N) is 2. The quantitative estimate of drug-likeness (QED) is 0.863. The largest absolute Gasteiger partial charge is 0.354 e. The van der Waals surface area contributed by atoms with Gasteiger partial charge >= 0.3 is 0 Å². The number of halogens is 2. The lowest BCUT2D eigenvalue weighted by Gasteiger charge is -2.09. The van der Waals surface area contributed by atoms with Crippen molar-refractivity contribution in [3.8, 4) is 0 Å². The Balaban J connectivity index is 1.79. The van der Waals surface area contributed by atoms with Crippen molar-refractivity contribution in [3.05, 3.63) is 29.0 Å². The van der Waals surface area contributed by atoms with Crippen LogP contribution in [0.2, 0.25) is 5.02 Å². The Hall–Kier alpha value is -1.26. The van der Waals surface area contributed by atoms with Gasteiger partial charge in [0.25, 0.3) is 0 Å². The van der Waals surface area contributed by atoms with E-state index in [1.807, 2.05) is 22.8 Å². The third-order valence-corrected chi connectivity index (χ3v) is 4.04. The molecule has 1 heterocycles. The van der Waals surface area contributed by atoms with Crippen molar-refractivity contribution >= 4 is 40.1 Å². The van der Waals surface area contributed by atoms with Gasteiger partial charge < -0.3 is 9.88 Å². The highest BCUT2D eigenvalue weighted by Gasteiger charge is 2.29. The zero-order chi connectivity index (χ0) is 14.1. The summed E-state index contributed by atoms with van der Waals surface area (Å²) in [6, 6.07) is 5.62. The van der Waals surface area contributed by atoms with Crippen LogP contribution < -0.4 is 5.32 Å². The van der Waals surface area contributed by atoms with Gasteiger partial charge in [0.2, 0.25) is 5.91 Å². The maximum absolute atomic E-state index is 11.6. The van der Waals surface area contributed by atoms with Gasteiger partial charge in [-0.05, 0) is 25.0 Å². The topological polar surface area (TPSA) is 46.9 Å². The molecule has 2 aromatic rings. The van der Waals surface area contributed by atoms with Crippen molar-refractivity contribution in [3.63, 3.8) is 0 Å². The fourth-order valence-electron chi connectivity index (χ4n) is 2.31. The van der Waals surface area contributed by atoms with Gasteiger partial charge in [0.1, 0.15) is 5.82 Å². The van der Waals surface area contributed by atoms with Gasteiger partial charge in [0, 0.05) is 19.0 Å². The molecule has 20 heavy (non-hydrogen) atoms. The van der Waals surface area contributed by atoms with Crippen LogP contribution >= 0.6 is 23.2 Å². The van der Waals surface area contributed by atoms with Gasteiger partial charge in [-0.1, -0.05) is 17.7 Å². The molecule has 1 aromatic carbocycles. The highest BCUT2D eigenvalue weighted by atomic mass is 35.5. The minimum atomic E-state index is 0.146. The normalized spacial score (nSPS) is 14.7. The Bertz CT molecular complexity index is 649. The molecule has 1 N–H and O–H groups in total. The van der Waals surface area contributed by atoms with E-state index >= 15 is 0 Å². The van der Waals surface area contributed by atoms with E-state index in [2.05, 4.69) is 10.3 Å². The molecular weight excluding hydrogens is 297 g/mol. The lowest BCUT2D eigenvalue weighted by atomic mass is 10.3. The van der Waals surface area contributed by atoms with Gasteiger partial charge in [0.05, 0.1) is 21.9 Å². The number of fused-ring (bicyclic) bond motifs is 1. The number of para-hydroxylation sites is 1. The summed E-state index contributed by atoms with van der Waals surface area (Å²) in [7, 11) is 0. The van der Waals surface area contributed by atoms with Crippen LogP contribution in [0, 0.1) is 5.92 Å². The number of aromatic nitrogens is 2. The van der Waals surface area contributed by atoms with E-state index in [0.29, 0.717) is 24.0 Å². The van der Waals surface area contributed by atoms with E-state index in [1.165, 1.54) is 0 Å². The molecule has 1 amide bonds. The maximum atomic E-state index is 11.6. The molecule has 106 valence electrons. The van der Waals surface area contributed by atoms with Crippen molar-refractivity contribution in [2.24, 2.45) is 5.92 Å². The molecule has 0 spiro atoms. The smallest absolute Gasteiger partial charge is 0.223 e. The molecule has 0 unspecified atom stereocenters. The molecular formula is C14H15Cl2N3O. The maximum Gasteiger partial charge on any atom is 0.223 e. The molecule has 0 radical (unpaired) electrons. The number of benzene rings is 1. The highest BCUT2D eigenvalue weighted by molar-refractivity contribution is 6.35. The van der Waals surface area contributed by atoms with Crippen molar-refractivity contribution in [1.29, 1.82) is 0 Å². The predicted molar refractivity (Wildman–Crippen MR) is 80.0 cm³/mol. The van der Waals surface area contributed by atoms with Crippen molar-refractivity contribution < 1.29 is 4.79 Å². The van der Waals surface area contributed by atoms with Gasteiger partial charge in [-0.15, -0.1) is 11.6 Å². The summed E-state index contributed by atoms with van der Waals surface area (Å²) >= 11 is 12.2. The van der Waals surface area contributed by atoms with E-state index in [-0.39, 0.29) is 11.8 Å². The average molecular weight is 312 g/mol. The Morgan fingerprint density at radius 2 is 2.25 bits per heavy atom. The fourth-order valence-corrected chi connectivity index (χ4v) is 2.79. The molecule has 0 aliphatic heterocycles. The first-order valence-electron chi connectivity index (χ1n) is 6.68. The lowest BCUT2D eigenvalue weighted by molar-refractivity contribution is -0.122. The monoisotopic (exact) mass is 311 g/mol. The molecule has 6 heteroatoms. The van der Waals surface area contributed by atoms with Crippen molar-refractivity contribution in [2.75, 3.05) is 6.54 Å². The van der Waals surface area contributed by atoms with Gasteiger partial charge in [-0.25, -0.2) is 4.98 Å². The molecule has 4 nitrogen and oxygen atoms in total. The molecule has 1 saturated carbocycles. The van der Waals surface area contributed by atoms with Crippen LogP contribution in [-0.2, 0) is 17.2 Å². The first kappa shape index (κ1) is 13.7. The Labute approximate surface area is 127 Å². The fraction of sp³-hybridized carbons (Fsp3) is 0.429. The first-order valence-corrected chi connectivity index (χ1v) is 7.59. The average Bonchev–Trinajstić information content (AvgIpc) is 3.22. The summed E-state index contributed by atoms with van der Waals surface area (Å²) in [4.78, 5) is 16.1. The summed E-state index contributed by atoms with van der Waals surface area (Å²) in [5.74, 6) is 1.47. The van der Waals surface area contributed by atoms with E-state index in [0.717, 1.165) is 29.7 Å². The first-order chi connectivity index (χ1) is 9.70. The zero-order valence-corrected chi connectivity index (χ0v) is 12.4. The number of nitrogens with one attached hydrogen (secondary N) is 1. The highest BCUT2D eigenvalue weighted by Crippen LogP contribution is 2.29. The third kappa shape index (κ3) is 2.63. The number of carbonyl (C=O) groups is 1. The van der Waals surface area contributed by atoms with Crippen LogP contribution in [-0.4, -0.2) is 22.0 Å². The van der Waals surface area contributed by atoms with Crippen molar-refractivity contribution in [1.82, 2.24) is 14.9 Å². The van der Waals surface area contributed by atoms with Crippen LogP contribution in [0.3, 0.4) is 0 Å². The van der Waals surface area contributed by atoms with Gasteiger partial charge in [-0.2, -0.15) is 0 Å². The standard InChI is InChI=1S/C14H15Cl2N3O/c15-8-12-18-11-3-1-2-10(16)13(11)19(12)7-6-17-14(20)9-4-5-9/h1-3,9H,4-8H2,(H,17,20). The second kappa shape index (κ2) is 5.62. The molecule has 1 aromatic heterocycles. The predicted octanol–water partition coefficient (Wildman–Crippen LogP) is 2.95. The number of hydrogen-bond acceptors (Lipinski definition) is 2. The molecule has 0 saturated heterocycles. The Morgan fingerprint density at radius 1 is 1.45 bits per heavy atom. The molecule has 1 aliphatic rings. The second-order valence-corrected chi connectivity index (χ2v) is 5.66. The van der Waals surface area contributed by atoms with Crippen molar-refractivity contribution in [2.45, 2.75) is 25.3 Å². The minimum absolute atomic E-state index is 0.146. The molecule has 3 rings (SSSR count). The number of hydrogen-bond donors (Lipinski definition) is 1. The lowest BCUT2D eigenvalue weighted by Crippen LogP contribution is -2.28. The number of rotatable bonds is 5. The third-order valence-electron chi connectivity index (χ3n) is 3.50. The van der Waals surface area contributed by atoms with E-state index in [4.69, 9.17) is 23.2 Å². The summed E-state index contributed by atoms with van der Waals surface area (Å²) in [5.41, 5.74) is 1.71. The number of carbonyl (C=O) groups excluding carboxylic acids is 1. The molecule has 1 aliphatic carbocycles.